The van der Waals surface area contributed by atoms with Crippen molar-refractivity contribution in [2.75, 3.05) is 6.54 Å². The molecule has 0 aliphatic carbocycles. The van der Waals surface area contributed by atoms with E-state index in [1.54, 1.807) is 0 Å². The largest absolute Gasteiger partial charge is 0.388 e. The van der Waals surface area contributed by atoms with Crippen LogP contribution in [-0.2, 0) is 6.42 Å². The number of nitrogens with zero attached hydrogens (tertiary/aromatic N) is 2. The number of hydrogen-bond acceptors (Lipinski definition) is 4. The van der Waals surface area contributed by atoms with Crippen LogP contribution in [0, 0.1) is 0 Å². The summed E-state index contributed by atoms with van der Waals surface area (Å²) >= 11 is 0. The summed E-state index contributed by atoms with van der Waals surface area (Å²) in [6.45, 7) is 5.92. The molecule has 96 valence electrons. The fourth-order valence-corrected chi connectivity index (χ4v) is 1.38. The van der Waals surface area contributed by atoms with Crippen molar-refractivity contribution in [3.8, 4) is 0 Å². The van der Waals surface area contributed by atoms with Gasteiger partial charge in [0, 0.05) is 13.0 Å². The quantitative estimate of drug-likeness (QED) is 0.680. The van der Waals surface area contributed by atoms with Gasteiger partial charge in [-0.25, -0.2) is 4.98 Å². The topological polar surface area (TPSA) is 90.9 Å². The van der Waals surface area contributed by atoms with Gasteiger partial charge in [-0.05, 0) is 12.8 Å². The van der Waals surface area contributed by atoms with Gasteiger partial charge in [-0.15, -0.1) is 5.10 Å². The van der Waals surface area contributed by atoms with E-state index in [-0.39, 0.29) is 18.3 Å². The third kappa shape index (κ3) is 3.52. The smallest absolute Gasteiger partial charge is 0.291 e. The minimum absolute atomic E-state index is 0.122. The zero-order valence-electron chi connectivity index (χ0n) is 10.6. The first-order valence-electron chi connectivity index (χ1n) is 5.96. The molecule has 1 amide bonds. The summed E-state index contributed by atoms with van der Waals surface area (Å²) in [5.74, 6) is 0.439. The highest BCUT2D eigenvalue weighted by atomic mass is 16.3. The van der Waals surface area contributed by atoms with Gasteiger partial charge >= 0.3 is 0 Å². The van der Waals surface area contributed by atoms with Crippen LogP contribution in [0.5, 0.6) is 0 Å². The molecule has 1 aromatic heterocycles. The number of aliphatic hydroxyl groups is 1. The molecule has 0 bridgehead atoms. The Morgan fingerprint density at radius 3 is 2.53 bits per heavy atom. The highest BCUT2D eigenvalue weighted by Gasteiger charge is 2.23. The Balaban J connectivity index is 2.55. The second kappa shape index (κ2) is 5.77. The third-order valence-electron chi connectivity index (χ3n) is 2.96. The lowest BCUT2D eigenvalue weighted by atomic mass is 9.98. The van der Waals surface area contributed by atoms with E-state index in [1.165, 1.54) is 0 Å². The van der Waals surface area contributed by atoms with Crippen molar-refractivity contribution in [1.29, 1.82) is 0 Å². The van der Waals surface area contributed by atoms with Crippen LogP contribution in [-0.4, -0.2) is 38.3 Å². The standard InChI is InChI=1S/C11H20N4O2/c1-4-8-13-9(15-14-8)10(16)12-7-11(17,5-2)6-3/h17H,4-7H2,1-3H3,(H,12,16)(H,13,14,15). The van der Waals surface area contributed by atoms with Crippen LogP contribution in [0.25, 0.3) is 0 Å². The molecule has 1 aromatic rings. The second-order valence-corrected chi connectivity index (χ2v) is 4.07. The molecule has 6 nitrogen and oxygen atoms in total. The molecule has 1 rings (SSSR count). The highest BCUT2D eigenvalue weighted by Crippen LogP contribution is 2.12. The summed E-state index contributed by atoms with van der Waals surface area (Å²) in [7, 11) is 0. The lowest BCUT2D eigenvalue weighted by molar-refractivity contribution is 0.0312. The number of aromatic nitrogens is 3. The minimum atomic E-state index is -0.848. The zero-order chi connectivity index (χ0) is 12.9. The summed E-state index contributed by atoms with van der Waals surface area (Å²) in [6.07, 6.45) is 1.89. The maximum absolute atomic E-state index is 11.7. The average molecular weight is 240 g/mol. The molecule has 0 aliphatic heterocycles. The van der Waals surface area contributed by atoms with Crippen LogP contribution in [0.2, 0.25) is 0 Å². The summed E-state index contributed by atoms with van der Waals surface area (Å²) in [4.78, 5) is 15.7. The van der Waals surface area contributed by atoms with E-state index in [0.717, 1.165) is 0 Å². The summed E-state index contributed by atoms with van der Waals surface area (Å²) in [5.41, 5.74) is -0.848. The van der Waals surface area contributed by atoms with Crippen LogP contribution >= 0.6 is 0 Å². The molecule has 0 fully saturated rings. The van der Waals surface area contributed by atoms with Crippen LogP contribution < -0.4 is 5.32 Å². The van der Waals surface area contributed by atoms with Crippen LogP contribution in [0.15, 0.2) is 0 Å². The summed E-state index contributed by atoms with van der Waals surface area (Å²) in [5, 5.41) is 19.1. The SMILES string of the molecule is CCc1nc(C(=O)NCC(O)(CC)CC)n[nH]1. The molecule has 0 unspecified atom stereocenters. The minimum Gasteiger partial charge on any atom is -0.388 e. The Hall–Kier alpha value is -1.43. The lowest BCUT2D eigenvalue weighted by Gasteiger charge is -2.24. The molecule has 17 heavy (non-hydrogen) atoms. The first-order valence-corrected chi connectivity index (χ1v) is 5.96. The Morgan fingerprint density at radius 2 is 2.06 bits per heavy atom. The van der Waals surface area contributed by atoms with Crippen molar-refractivity contribution in [2.24, 2.45) is 0 Å². The van der Waals surface area contributed by atoms with E-state index in [4.69, 9.17) is 0 Å². The van der Waals surface area contributed by atoms with Crippen molar-refractivity contribution in [3.05, 3.63) is 11.6 Å². The highest BCUT2D eigenvalue weighted by molar-refractivity contribution is 5.90. The van der Waals surface area contributed by atoms with E-state index < -0.39 is 5.60 Å². The molecule has 0 spiro atoms. The Bertz CT molecular complexity index is 371. The predicted molar refractivity (Wildman–Crippen MR) is 63.6 cm³/mol. The maximum atomic E-state index is 11.7. The van der Waals surface area contributed by atoms with Gasteiger partial charge in [-0.1, -0.05) is 20.8 Å². The Kier molecular flexibility index (Phi) is 4.62. The average Bonchev–Trinajstić information content (AvgIpc) is 2.84. The van der Waals surface area contributed by atoms with E-state index >= 15 is 0 Å². The number of nitrogens with one attached hydrogen (secondary N) is 2. The third-order valence-corrected chi connectivity index (χ3v) is 2.96. The lowest BCUT2D eigenvalue weighted by Crippen LogP contribution is -2.42. The number of aromatic amines is 1. The molecule has 0 aliphatic rings. The van der Waals surface area contributed by atoms with Gasteiger partial charge in [-0.3, -0.25) is 9.89 Å². The van der Waals surface area contributed by atoms with Crippen molar-refractivity contribution < 1.29 is 9.90 Å². The molecule has 3 N–H and O–H groups in total. The van der Waals surface area contributed by atoms with Gasteiger partial charge < -0.3 is 10.4 Å². The fraction of sp³-hybridized carbons (Fsp3) is 0.727. The number of aryl methyl sites for hydroxylation is 1. The van der Waals surface area contributed by atoms with E-state index in [0.29, 0.717) is 25.1 Å². The number of hydrogen-bond donors (Lipinski definition) is 3. The van der Waals surface area contributed by atoms with Crippen molar-refractivity contribution in [2.45, 2.75) is 45.6 Å². The first-order chi connectivity index (χ1) is 8.04. The van der Waals surface area contributed by atoms with Gasteiger partial charge in [0.25, 0.3) is 5.91 Å². The van der Waals surface area contributed by atoms with Gasteiger partial charge in [0.15, 0.2) is 0 Å². The monoisotopic (exact) mass is 240 g/mol. The molecule has 1 heterocycles. The molecular formula is C11H20N4O2. The maximum Gasteiger partial charge on any atom is 0.291 e. The second-order valence-electron chi connectivity index (χ2n) is 4.07. The first kappa shape index (κ1) is 13.6. The zero-order valence-corrected chi connectivity index (χ0v) is 10.6. The molecule has 0 saturated carbocycles. The molecule has 0 aromatic carbocycles. The molecule has 0 radical (unpaired) electrons. The van der Waals surface area contributed by atoms with Crippen LogP contribution in [0.3, 0.4) is 0 Å². The molecule has 0 atom stereocenters. The molecule has 6 heteroatoms. The Labute approximate surface area is 101 Å². The summed E-state index contributed by atoms with van der Waals surface area (Å²) < 4.78 is 0. The number of rotatable bonds is 6. The van der Waals surface area contributed by atoms with Crippen LogP contribution in [0.1, 0.15) is 50.1 Å². The number of carbonyl (C=O) groups excluding carboxylic acids is 1. The van der Waals surface area contributed by atoms with E-state index in [9.17, 15) is 9.90 Å². The number of carbonyl (C=O) groups is 1. The van der Waals surface area contributed by atoms with E-state index in [2.05, 4.69) is 20.5 Å². The number of amides is 1. The molecular weight excluding hydrogens is 220 g/mol. The number of H-pyrrole nitrogens is 1. The fourth-order valence-electron chi connectivity index (χ4n) is 1.38. The van der Waals surface area contributed by atoms with Crippen molar-refractivity contribution >= 4 is 5.91 Å². The van der Waals surface area contributed by atoms with Gasteiger partial charge in [0.2, 0.25) is 5.82 Å². The summed E-state index contributed by atoms with van der Waals surface area (Å²) in [6, 6.07) is 0. The Morgan fingerprint density at radius 1 is 1.41 bits per heavy atom. The van der Waals surface area contributed by atoms with E-state index in [1.807, 2.05) is 20.8 Å². The van der Waals surface area contributed by atoms with Gasteiger partial charge in [0.05, 0.1) is 5.60 Å². The van der Waals surface area contributed by atoms with Crippen molar-refractivity contribution in [1.82, 2.24) is 20.5 Å². The van der Waals surface area contributed by atoms with Gasteiger partial charge in [0.1, 0.15) is 5.82 Å². The van der Waals surface area contributed by atoms with Gasteiger partial charge in [-0.2, -0.15) is 0 Å². The van der Waals surface area contributed by atoms with Crippen molar-refractivity contribution in [3.63, 3.8) is 0 Å². The normalized spacial score (nSPS) is 11.5. The van der Waals surface area contributed by atoms with Crippen LogP contribution in [0.4, 0.5) is 0 Å². The predicted octanol–water partition coefficient (Wildman–Crippen LogP) is 0.648. The molecule has 0 saturated heterocycles.